The van der Waals surface area contributed by atoms with Gasteiger partial charge in [0.25, 0.3) is 0 Å². The highest BCUT2D eigenvalue weighted by atomic mass is 16.1. The fraction of sp³-hybridized carbons (Fsp3) is 0.750. The maximum atomic E-state index is 10.7. The molecule has 0 spiro atoms. The molecular formula is C8H16N2O. The summed E-state index contributed by atoms with van der Waals surface area (Å²) >= 11 is 0. The van der Waals surface area contributed by atoms with E-state index in [-0.39, 0.29) is 11.8 Å². The van der Waals surface area contributed by atoms with Crippen molar-refractivity contribution in [2.45, 2.75) is 33.1 Å². The van der Waals surface area contributed by atoms with E-state index in [1.165, 1.54) is 0 Å². The van der Waals surface area contributed by atoms with Crippen LogP contribution in [0.1, 0.15) is 33.1 Å². The fourth-order valence-electron chi connectivity index (χ4n) is 0.980. The summed E-state index contributed by atoms with van der Waals surface area (Å²) in [5.74, 6) is -0.708. The molecule has 0 aliphatic rings. The summed E-state index contributed by atoms with van der Waals surface area (Å²) in [7, 11) is 0. The van der Waals surface area contributed by atoms with Gasteiger partial charge in [0.05, 0.1) is 5.92 Å². The first-order chi connectivity index (χ1) is 5.09. The second-order valence-electron chi connectivity index (χ2n) is 2.78. The molecule has 0 aliphatic carbocycles. The van der Waals surface area contributed by atoms with Gasteiger partial charge in [-0.2, -0.15) is 0 Å². The fourth-order valence-corrected chi connectivity index (χ4v) is 0.980. The van der Waals surface area contributed by atoms with Crippen LogP contribution in [0.5, 0.6) is 0 Å². The van der Waals surface area contributed by atoms with Gasteiger partial charge in [-0.1, -0.05) is 19.8 Å². The zero-order valence-corrected chi connectivity index (χ0v) is 7.18. The molecule has 1 unspecified atom stereocenters. The van der Waals surface area contributed by atoms with Crippen molar-refractivity contribution in [3.8, 4) is 0 Å². The van der Waals surface area contributed by atoms with Crippen molar-refractivity contribution < 1.29 is 4.79 Å². The highest BCUT2D eigenvalue weighted by Crippen LogP contribution is 2.08. The molecule has 1 amide bonds. The summed E-state index contributed by atoms with van der Waals surface area (Å²) in [5, 5.41) is 7.26. The number of primary amides is 1. The Balaban J connectivity index is 3.90. The molecular weight excluding hydrogens is 140 g/mol. The summed E-state index contributed by atoms with van der Waals surface area (Å²) in [5.41, 5.74) is 5.48. The minimum atomic E-state index is -0.369. The van der Waals surface area contributed by atoms with E-state index in [1.54, 1.807) is 6.92 Å². The topological polar surface area (TPSA) is 66.9 Å². The van der Waals surface area contributed by atoms with Gasteiger partial charge in [0, 0.05) is 5.71 Å². The maximum Gasteiger partial charge on any atom is 0.226 e. The molecule has 0 aliphatic heterocycles. The second-order valence-corrected chi connectivity index (χ2v) is 2.78. The Bertz CT molecular complexity index is 140. The molecule has 0 saturated heterocycles. The second kappa shape index (κ2) is 4.88. The molecule has 0 saturated carbocycles. The van der Waals surface area contributed by atoms with Crippen LogP contribution < -0.4 is 5.73 Å². The predicted octanol–water partition coefficient (Wildman–Crippen LogP) is 1.32. The number of unbranched alkanes of at least 4 members (excludes halogenated alkanes) is 1. The number of hydrogen-bond donors (Lipinski definition) is 2. The quantitative estimate of drug-likeness (QED) is 0.579. The average Bonchev–Trinajstić information content (AvgIpc) is 1.87. The van der Waals surface area contributed by atoms with Crippen molar-refractivity contribution in [1.29, 1.82) is 5.41 Å². The van der Waals surface area contributed by atoms with Crippen LogP contribution >= 0.6 is 0 Å². The third kappa shape index (κ3) is 3.75. The minimum absolute atomic E-state index is 0.338. The SMILES string of the molecule is CCCCC(C(C)=N)C(N)=O. The standard InChI is InChI=1S/C8H16N2O/c1-3-4-5-7(6(2)9)8(10)11/h7,9H,3-5H2,1-2H3,(H2,10,11). The number of carbonyl (C=O) groups excluding carboxylic acids is 1. The van der Waals surface area contributed by atoms with E-state index in [2.05, 4.69) is 6.92 Å². The Morgan fingerprint density at radius 3 is 2.45 bits per heavy atom. The van der Waals surface area contributed by atoms with E-state index >= 15 is 0 Å². The van der Waals surface area contributed by atoms with Gasteiger partial charge in [-0.15, -0.1) is 0 Å². The highest BCUT2D eigenvalue weighted by Gasteiger charge is 2.15. The van der Waals surface area contributed by atoms with Crippen molar-refractivity contribution in [2.75, 3.05) is 0 Å². The largest absolute Gasteiger partial charge is 0.369 e. The van der Waals surface area contributed by atoms with Crippen LogP contribution in [0.4, 0.5) is 0 Å². The van der Waals surface area contributed by atoms with Crippen LogP contribution in [0.15, 0.2) is 0 Å². The summed E-state index contributed by atoms with van der Waals surface area (Å²) < 4.78 is 0. The van der Waals surface area contributed by atoms with E-state index < -0.39 is 0 Å². The smallest absolute Gasteiger partial charge is 0.226 e. The lowest BCUT2D eigenvalue weighted by Crippen LogP contribution is -2.28. The molecule has 0 aromatic heterocycles. The van der Waals surface area contributed by atoms with Crippen molar-refractivity contribution in [1.82, 2.24) is 0 Å². The molecule has 0 fully saturated rings. The normalized spacial score (nSPS) is 12.5. The van der Waals surface area contributed by atoms with Gasteiger partial charge in [0.1, 0.15) is 0 Å². The molecule has 64 valence electrons. The Hall–Kier alpha value is -0.860. The first-order valence-corrected chi connectivity index (χ1v) is 3.94. The molecule has 3 heteroatoms. The van der Waals surface area contributed by atoms with Crippen molar-refractivity contribution in [3.05, 3.63) is 0 Å². The first kappa shape index (κ1) is 10.1. The number of nitrogens with one attached hydrogen (secondary N) is 1. The first-order valence-electron chi connectivity index (χ1n) is 3.94. The molecule has 3 nitrogen and oxygen atoms in total. The molecule has 0 aromatic carbocycles. The number of rotatable bonds is 5. The average molecular weight is 156 g/mol. The Labute approximate surface area is 67.5 Å². The zero-order valence-electron chi connectivity index (χ0n) is 7.18. The van der Waals surface area contributed by atoms with E-state index in [4.69, 9.17) is 11.1 Å². The molecule has 0 bridgehead atoms. The molecule has 3 N–H and O–H groups in total. The summed E-state index contributed by atoms with van der Waals surface area (Å²) in [6, 6.07) is 0. The van der Waals surface area contributed by atoms with Gasteiger partial charge in [0.15, 0.2) is 0 Å². The lowest BCUT2D eigenvalue weighted by Gasteiger charge is -2.09. The lowest BCUT2D eigenvalue weighted by atomic mass is 9.97. The Kier molecular flexibility index (Phi) is 4.50. The lowest BCUT2D eigenvalue weighted by molar-refractivity contribution is -0.120. The molecule has 0 rings (SSSR count). The van der Waals surface area contributed by atoms with Crippen molar-refractivity contribution in [2.24, 2.45) is 11.7 Å². The maximum absolute atomic E-state index is 10.7. The van der Waals surface area contributed by atoms with Gasteiger partial charge >= 0.3 is 0 Å². The molecule has 0 radical (unpaired) electrons. The minimum Gasteiger partial charge on any atom is -0.369 e. The third-order valence-corrected chi connectivity index (χ3v) is 1.71. The van der Waals surface area contributed by atoms with E-state index in [1.807, 2.05) is 0 Å². The van der Waals surface area contributed by atoms with E-state index in [0.717, 1.165) is 19.3 Å². The summed E-state index contributed by atoms with van der Waals surface area (Å²) in [6.45, 7) is 3.68. The van der Waals surface area contributed by atoms with Crippen LogP contribution in [0.25, 0.3) is 0 Å². The van der Waals surface area contributed by atoms with Gasteiger partial charge < -0.3 is 11.1 Å². The van der Waals surface area contributed by atoms with Gasteiger partial charge in [-0.25, -0.2) is 0 Å². The summed E-state index contributed by atoms with van der Waals surface area (Å²) in [6.07, 6.45) is 2.72. The van der Waals surface area contributed by atoms with E-state index in [0.29, 0.717) is 5.71 Å². The summed E-state index contributed by atoms with van der Waals surface area (Å²) in [4.78, 5) is 10.7. The van der Waals surface area contributed by atoms with Gasteiger partial charge in [0.2, 0.25) is 5.91 Å². The van der Waals surface area contributed by atoms with Crippen LogP contribution in [0, 0.1) is 11.3 Å². The predicted molar refractivity (Wildman–Crippen MR) is 45.6 cm³/mol. The zero-order chi connectivity index (χ0) is 8.85. The van der Waals surface area contributed by atoms with Crippen molar-refractivity contribution in [3.63, 3.8) is 0 Å². The number of nitrogens with two attached hydrogens (primary N) is 1. The molecule has 0 aromatic rings. The third-order valence-electron chi connectivity index (χ3n) is 1.71. The van der Waals surface area contributed by atoms with Crippen molar-refractivity contribution >= 4 is 11.6 Å². The van der Waals surface area contributed by atoms with Gasteiger partial charge in [-0.3, -0.25) is 4.79 Å². The number of hydrogen-bond acceptors (Lipinski definition) is 2. The molecule has 0 heterocycles. The van der Waals surface area contributed by atoms with Crippen LogP contribution in [-0.4, -0.2) is 11.6 Å². The Morgan fingerprint density at radius 2 is 2.18 bits per heavy atom. The monoisotopic (exact) mass is 156 g/mol. The molecule has 1 atom stereocenters. The highest BCUT2D eigenvalue weighted by molar-refractivity contribution is 6.00. The number of amides is 1. The van der Waals surface area contributed by atoms with Crippen LogP contribution in [-0.2, 0) is 4.79 Å². The van der Waals surface area contributed by atoms with E-state index in [9.17, 15) is 4.79 Å². The van der Waals surface area contributed by atoms with Crippen LogP contribution in [0.2, 0.25) is 0 Å². The van der Waals surface area contributed by atoms with Crippen LogP contribution in [0.3, 0.4) is 0 Å². The van der Waals surface area contributed by atoms with Gasteiger partial charge in [-0.05, 0) is 13.3 Å². The number of carbonyl (C=O) groups is 1. The Morgan fingerprint density at radius 1 is 1.64 bits per heavy atom. The molecule has 11 heavy (non-hydrogen) atoms.